The summed E-state index contributed by atoms with van der Waals surface area (Å²) in [5.41, 5.74) is 3.09. The molecule has 2 aromatic carbocycles. The number of halogens is 2. The molecule has 19 heavy (non-hydrogen) atoms. The molecule has 0 aliphatic rings. The van der Waals surface area contributed by atoms with Gasteiger partial charge in [0.25, 0.3) is 0 Å². The molecule has 0 aliphatic carbocycles. The lowest BCUT2D eigenvalue weighted by atomic mass is 10.2. The van der Waals surface area contributed by atoms with Crippen LogP contribution in [0.3, 0.4) is 0 Å². The predicted octanol–water partition coefficient (Wildman–Crippen LogP) is 5.01. The highest BCUT2D eigenvalue weighted by Gasteiger charge is 2.12. The zero-order valence-electron chi connectivity index (χ0n) is 10.9. The second-order valence-electron chi connectivity index (χ2n) is 4.15. The molecular formula is C15H15BrClNO. The number of methoxy groups -OCH3 is 1. The van der Waals surface area contributed by atoms with Crippen molar-refractivity contribution in [2.75, 3.05) is 19.1 Å². The van der Waals surface area contributed by atoms with E-state index in [1.165, 1.54) is 0 Å². The van der Waals surface area contributed by atoms with Crippen LogP contribution in [0.25, 0.3) is 0 Å². The first kappa shape index (κ1) is 14.2. The summed E-state index contributed by atoms with van der Waals surface area (Å²) < 4.78 is 5.38. The van der Waals surface area contributed by atoms with Crippen LogP contribution >= 0.6 is 27.5 Å². The Kier molecular flexibility index (Phi) is 4.72. The van der Waals surface area contributed by atoms with Gasteiger partial charge in [0, 0.05) is 12.4 Å². The topological polar surface area (TPSA) is 12.5 Å². The van der Waals surface area contributed by atoms with Crippen LogP contribution in [0.2, 0.25) is 5.02 Å². The maximum absolute atomic E-state index is 6.35. The van der Waals surface area contributed by atoms with Crippen molar-refractivity contribution in [2.45, 2.75) is 5.33 Å². The first-order chi connectivity index (χ1) is 9.17. The summed E-state index contributed by atoms with van der Waals surface area (Å²) in [5, 5.41) is 1.52. The first-order valence-electron chi connectivity index (χ1n) is 5.88. The third-order valence-corrected chi connectivity index (χ3v) is 3.92. The SMILES string of the molecule is COc1ccccc1N(C)c1ccc(CBr)cc1Cl. The molecule has 0 aliphatic heterocycles. The van der Waals surface area contributed by atoms with Crippen LogP contribution < -0.4 is 9.64 Å². The van der Waals surface area contributed by atoms with Crippen LogP contribution in [0.1, 0.15) is 5.56 Å². The number of rotatable bonds is 4. The Labute approximate surface area is 127 Å². The number of anilines is 2. The summed E-state index contributed by atoms with van der Waals surface area (Å²) in [7, 11) is 3.65. The normalized spacial score (nSPS) is 10.3. The Morgan fingerprint density at radius 1 is 1.16 bits per heavy atom. The van der Waals surface area contributed by atoms with Crippen molar-refractivity contribution >= 4 is 38.9 Å². The van der Waals surface area contributed by atoms with Crippen molar-refractivity contribution in [3.8, 4) is 5.75 Å². The van der Waals surface area contributed by atoms with Crippen LogP contribution in [-0.2, 0) is 5.33 Å². The van der Waals surface area contributed by atoms with Gasteiger partial charge in [-0.2, -0.15) is 0 Å². The Morgan fingerprint density at radius 2 is 1.89 bits per heavy atom. The molecule has 0 N–H and O–H groups in total. The predicted molar refractivity (Wildman–Crippen MR) is 85.1 cm³/mol. The van der Waals surface area contributed by atoms with E-state index in [1.807, 2.05) is 48.3 Å². The lowest BCUT2D eigenvalue weighted by Gasteiger charge is -2.23. The zero-order chi connectivity index (χ0) is 13.8. The number of nitrogens with zero attached hydrogens (tertiary/aromatic N) is 1. The molecule has 2 nitrogen and oxygen atoms in total. The van der Waals surface area contributed by atoms with Gasteiger partial charge in [-0.05, 0) is 29.8 Å². The summed E-state index contributed by atoms with van der Waals surface area (Å²) in [6.45, 7) is 0. The van der Waals surface area contributed by atoms with E-state index in [2.05, 4.69) is 22.0 Å². The minimum Gasteiger partial charge on any atom is -0.495 e. The van der Waals surface area contributed by atoms with E-state index in [-0.39, 0.29) is 0 Å². The monoisotopic (exact) mass is 339 g/mol. The third kappa shape index (κ3) is 3.04. The number of benzene rings is 2. The average Bonchev–Trinajstić information content (AvgIpc) is 2.46. The molecule has 2 rings (SSSR count). The fourth-order valence-corrected chi connectivity index (χ4v) is 2.62. The number of hydrogen-bond acceptors (Lipinski definition) is 2. The van der Waals surface area contributed by atoms with Crippen molar-refractivity contribution in [1.82, 2.24) is 0 Å². The van der Waals surface area contributed by atoms with Gasteiger partial charge in [0.15, 0.2) is 0 Å². The van der Waals surface area contributed by atoms with Gasteiger partial charge in [-0.25, -0.2) is 0 Å². The second-order valence-corrected chi connectivity index (χ2v) is 5.12. The molecular weight excluding hydrogens is 326 g/mol. The molecule has 4 heteroatoms. The molecule has 0 radical (unpaired) electrons. The molecule has 0 saturated heterocycles. The van der Waals surface area contributed by atoms with E-state index < -0.39 is 0 Å². The maximum Gasteiger partial charge on any atom is 0.142 e. The standard InChI is InChI=1S/C15H15BrClNO/c1-18(14-5-3-4-6-15(14)19-2)13-8-7-11(10-16)9-12(13)17/h3-9H,10H2,1-2H3. The van der Waals surface area contributed by atoms with Crippen molar-refractivity contribution in [3.63, 3.8) is 0 Å². The second kappa shape index (κ2) is 6.31. The van der Waals surface area contributed by atoms with E-state index in [0.717, 1.165) is 33.0 Å². The number of ether oxygens (including phenoxy) is 1. The van der Waals surface area contributed by atoms with Crippen LogP contribution in [-0.4, -0.2) is 14.2 Å². The van der Waals surface area contributed by atoms with Crippen LogP contribution in [0.5, 0.6) is 5.75 Å². The van der Waals surface area contributed by atoms with Gasteiger partial charge in [-0.15, -0.1) is 0 Å². The molecule has 0 aromatic heterocycles. The van der Waals surface area contributed by atoms with Crippen molar-refractivity contribution < 1.29 is 4.74 Å². The largest absolute Gasteiger partial charge is 0.495 e. The third-order valence-electron chi connectivity index (χ3n) is 2.97. The number of para-hydroxylation sites is 2. The lowest BCUT2D eigenvalue weighted by molar-refractivity contribution is 0.415. The van der Waals surface area contributed by atoms with Gasteiger partial charge in [0.2, 0.25) is 0 Å². The summed E-state index contributed by atoms with van der Waals surface area (Å²) in [4.78, 5) is 2.03. The summed E-state index contributed by atoms with van der Waals surface area (Å²) in [6, 6.07) is 13.9. The highest BCUT2D eigenvalue weighted by atomic mass is 79.9. The van der Waals surface area contributed by atoms with Crippen LogP contribution in [0, 0.1) is 0 Å². The van der Waals surface area contributed by atoms with E-state index in [9.17, 15) is 0 Å². The molecule has 0 saturated carbocycles. The van der Waals surface area contributed by atoms with Crippen molar-refractivity contribution in [3.05, 3.63) is 53.1 Å². The van der Waals surface area contributed by atoms with Gasteiger partial charge in [0.1, 0.15) is 5.75 Å². The maximum atomic E-state index is 6.35. The zero-order valence-corrected chi connectivity index (χ0v) is 13.2. The van der Waals surface area contributed by atoms with E-state index >= 15 is 0 Å². The summed E-state index contributed by atoms with van der Waals surface area (Å²) in [6.07, 6.45) is 0. The molecule has 0 heterocycles. The van der Waals surface area contributed by atoms with Gasteiger partial charge >= 0.3 is 0 Å². The summed E-state index contributed by atoms with van der Waals surface area (Å²) >= 11 is 9.77. The quantitative estimate of drug-likeness (QED) is 0.725. The molecule has 0 spiro atoms. The Hall–Kier alpha value is -1.19. The average molecular weight is 341 g/mol. The van der Waals surface area contributed by atoms with Crippen molar-refractivity contribution in [2.24, 2.45) is 0 Å². The van der Waals surface area contributed by atoms with Crippen molar-refractivity contribution in [1.29, 1.82) is 0 Å². The number of alkyl halides is 1. The van der Waals surface area contributed by atoms with Gasteiger partial charge < -0.3 is 9.64 Å². The molecule has 0 amide bonds. The fraction of sp³-hybridized carbons (Fsp3) is 0.200. The van der Waals surface area contributed by atoms with E-state index in [0.29, 0.717) is 0 Å². The van der Waals surface area contributed by atoms with E-state index in [4.69, 9.17) is 16.3 Å². The van der Waals surface area contributed by atoms with Gasteiger partial charge in [-0.1, -0.05) is 45.7 Å². The van der Waals surface area contributed by atoms with Crippen LogP contribution in [0.4, 0.5) is 11.4 Å². The van der Waals surface area contributed by atoms with Gasteiger partial charge in [-0.3, -0.25) is 0 Å². The molecule has 0 unspecified atom stereocenters. The Balaban J connectivity index is 2.41. The van der Waals surface area contributed by atoms with Crippen LogP contribution in [0.15, 0.2) is 42.5 Å². The number of hydrogen-bond donors (Lipinski definition) is 0. The molecule has 0 bridgehead atoms. The highest BCUT2D eigenvalue weighted by Crippen LogP contribution is 2.36. The fourth-order valence-electron chi connectivity index (χ4n) is 1.94. The molecule has 0 atom stereocenters. The molecule has 100 valence electrons. The molecule has 0 fully saturated rings. The van der Waals surface area contributed by atoms with E-state index in [1.54, 1.807) is 7.11 Å². The first-order valence-corrected chi connectivity index (χ1v) is 7.38. The lowest BCUT2D eigenvalue weighted by Crippen LogP contribution is -2.11. The minimum absolute atomic E-state index is 0.727. The smallest absolute Gasteiger partial charge is 0.142 e. The van der Waals surface area contributed by atoms with Gasteiger partial charge in [0.05, 0.1) is 23.5 Å². The highest BCUT2D eigenvalue weighted by molar-refractivity contribution is 9.08. The minimum atomic E-state index is 0.727. The summed E-state index contributed by atoms with van der Waals surface area (Å²) in [5.74, 6) is 0.825. The Morgan fingerprint density at radius 3 is 2.53 bits per heavy atom. The Bertz CT molecular complexity index is 574. The molecule has 2 aromatic rings.